The number of ether oxygens (including phenoxy) is 4. The predicted octanol–water partition coefficient (Wildman–Crippen LogP) is 7.00. The molecule has 460 valence electrons. The van der Waals surface area contributed by atoms with Gasteiger partial charge >= 0.3 is 18.2 Å². The Morgan fingerprint density at radius 1 is 0.628 bits per heavy atom. The zero-order valence-corrected chi connectivity index (χ0v) is 48.8. The molecule has 2 aliphatic rings. The van der Waals surface area contributed by atoms with Crippen molar-refractivity contribution >= 4 is 82.2 Å². The van der Waals surface area contributed by atoms with Gasteiger partial charge in [-0.3, -0.25) is 24.8 Å². The molecule has 0 unspecified atom stereocenters. The Labute approximate surface area is 499 Å². The first-order valence-electron chi connectivity index (χ1n) is 27.2. The topological polar surface area (TPSA) is 399 Å². The van der Waals surface area contributed by atoms with Crippen LogP contribution in [-0.2, 0) is 41.4 Å². The number of rotatable bonds is 19. The molecule has 29 heteroatoms. The lowest BCUT2D eigenvalue weighted by atomic mass is 10.1. The summed E-state index contributed by atoms with van der Waals surface area (Å²) in [5, 5.41) is 62.6. The highest BCUT2D eigenvalue weighted by atomic mass is 16.6. The van der Waals surface area contributed by atoms with Crippen molar-refractivity contribution in [2.45, 2.75) is 98.9 Å². The molecule has 8 rings (SSSR count). The van der Waals surface area contributed by atoms with Gasteiger partial charge in [0.15, 0.2) is 17.7 Å². The number of carboxylic acid groups (broad SMARTS) is 1. The number of carboxylic acids is 1. The third-order valence-corrected chi connectivity index (χ3v) is 11.6. The van der Waals surface area contributed by atoms with Crippen molar-refractivity contribution in [2.24, 2.45) is 5.73 Å². The summed E-state index contributed by atoms with van der Waals surface area (Å²) in [5.41, 5.74) is 9.56. The van der Waals surface area contributed by atoms with Gasteiger partial charge in [0, 0.05) is 86.3 Å². The zero-order valence-electron chi connectivity index (χ0n) is 48.8. The van der Waals surface area contributed by atoms with Gasteiger partial charge in [0.1, 0.15) is 40.5 Å². The van der Waals surface area contributed by atoms with E-state index in [2.05, 4.69) is 89.7 Å². The second-order valence-electron chi connectivity index (χ2n) is 21.2. The van der Waals surface area contributed by atoms with Crippen LogP contribution in [0.25, 0.3) is 0 Å². The first kappa shape index (κ1) is 67.0. The first-order valence-corrected chi connectivity index (χ1v) is 27.2. The standard InChI is InChI=1S/C28H36N10O4.C18H21N9.C10H17NO5.CH4/c1-18-15-24(37-36-18)33-23-16-22(34-26(35-23)32-20-7-5-19(6-8-20)9-10-29)30-11-12-31-25(39)21-17-41-14-13-38(21)27(40)42-28(2,3)4;1-12-10-17(27-26-12)23-16-11-15(21-9-8-20)24-18(25-16)22-14-4-2-13(3-5-14)6-7-19;1-10(2,3)16-9(14)11-4-5-15-6-7(11)8(12)13;/h5-8,15-16,21H,9,11-14,17H2,1-4H3,(H,31,39)(H4,30,32,33,34,35,36,37);2-5,10-11H,6,8-9,20H2,1H3,(H4,21,22,23,24,25,26,27);7H,4-6H2,1-3H3,(H,12,13);1H4/t21-;;7-;/m0.0./s1. The number of carbonyl (C=O) groups is 4. The fourth-order valence-corrected chi connectivity index (χ4v) is 7.80. The summed E-state index contributed by atoms with van der Waals surface area (Å²) in [4.78, 5) is 68.8. The van der Waals surface area contributed by atoms with Gasteiger partial charge in [0.25, 0.3) is 0 Å². The van der Waals surface area contributed by atoms with Gasteiger partial charge < -0.3 is 67.0 Å². The van der Waals surface area contributed by atoms with Gasteiger partial charge in [-0.25, -0.2) is 14.4 Å². The van der Waals surface area contributed by atoms with Gasteiger partial charge in [-0.15, -0.1) is 0 Å². The monoisotopic (exact) mass is 1190 g/mol. The molecule has 29 nitrogen and oxygen atoms in total. The van der Waals surface area contributed by atoms with Crippen molar-refractivity contribution in [2.75, 3.05) is 97.6 Å². The number of nitrogens with two attached hydrogens (primary N) is 1. The molecule has 6 aromatic rings. The average molecular weight is 1190 g/mol. The van der Waals surface area contributed by atoms with Crippen LogP contribution in [0, 0.1) is 36.5 Å². The minimum atomic E-state index is -1.08. The molecule has 0 aliphatic carbocycles. The van der Waals surface area contributed by atoms with Crippen LogP contribution in [0.1, 0.15) is 71.5 Å². The van der Waals surface area contributed by atoms with Crippen molar-refractivity contribution in [3.05, 3.63) is 95.3 Å². The van der Waals surface area contributed by atoms with Gasteiger partial charge in [-0.2, -0.15) is 40.7 Å². The number of carbonyl (C=O) groups excluding carboxylic acids is 3. The number of hydrogen-bond donors (Lipinski definition) is 11. The quantitative estimate of drug-likeness (QED) is 0.0363. The molecular weight excluding hydrogens is 1110 g/mol. The lowest BCUT2D eigenvalue weighted by Gasteiger charge is -2.35. The number of H-pyrrole nitrogens is 2. The number of hydrogen-bond acceptors (Lipinski definition) is 23. The van der Waals surface area contributed by atoms with Crippen LogP contribution in [0.2, 0.25) is 0 Å². The summed E-state index contributed by atoms with van der Waals surface area (Å²) in [6.07, 6.45) is -0.441. The fourth-order valence-electron chi connectivity index (χ4n) is 7.80. The number of aromatic nitrogens is 8. The number of nitriles is 2. The average Bonchev–Trinajstić information content (AvgIpc) is 4.11. The number of aromatic amines is 2. The molecule has 0 saturated carbocycles. The van der Waals surface area contributed by atoms with Gasteiger partial charge in [-0.1, -0.05) is 31.7 Å². The van der Waals surface area contributed by atoms with Gasteiger partial charge in [0.05, 0.1) is 51.4 Å². The molecule has 6 heterocycles. The van der Waals surface area contributed by atoms with Crippen LogP contribution < -0.4 is 43.0 Å². The van der Waals surface area contributed by atoms with Crippen LogP contribution >= 0.6 is 0 Å². The van der Waals surface area contributed by atoms with E-state index in [-0.39, 0.29) is 46.2 Å². The Kier molecular flexibility index (Phi) is 25.1. The molecule has 0 bridgehead atoms. The normalized spacial score (nSPS) is 14.5. The molecule has 4 aromatic heterocycles. The van der Waals surface area contributed by atoms with Crippen molar-refractivity contribution in [3.8, 4) is 12.1 Å². The number of nitrogens with zero attached hydrogens (tertiary/aromatic N) is 10. The summed E-state index contributed by atoms with van der Waals surface area (Å²) < 4.78 is 21.1. The van der Waals surface area contributed by atoms with E-state index in [1.807, 2.05) is 74.5 Å². The Balaban J connectivity index is 0.000000261. The molecule has 2 atom stereocenters. The Morgan fingerprint density at radius 2 is 1.05 bits per heavy atom. The molecule has 2 aliphatic heterocycles. The van der Waals surface area contributed by atoms with Crippen molar-refractivity contribution in [3.63, 3.8) is 0 Å². The second-order valence-corrected chi connectivity index (χ2v) is 21.2. The summed E-state index contributed by atoms with van der Waals surface area (Å²) in [5.74, 6) is 2.87. The molecule has 2 saturated heterocycles. The van der Waals surface area contributed by atoms with E-state index in [1.165, 1.54) is 9.80 Å². The SMILES string of the molecule is C.CC(C)(C)OC(=O)N1CCOC[C@H]1C(=O)O.Cc1cc(Nc2cc(NCCN)nc(Nc3ccc(CC#N)cc3)n2)n[nH]1.Cc1cc(Nc2cc(NCCNC(=O)[C@@H]3COCCN3C(=O)OC(C)(C)C)nc(Nc3ccc(CC#N)cc3)n2)n[nH]1. The van der Waals surface area contributed by atoms with Crippen LogP contribution in [0.15, 0.2) is 72.8 Å². The van der Waals surface area contributed by atoms with Crippen molar-refractivity contribution in [1.29, 1.82) is 10.5 Å². The largest absolute Gasteiger partial charge is 0.480 e. The number of aliphatic carboxylic acids is 1. The summed E-state index contributed by atoms with van der Waals surface area (Å²) in [6.45, 7) is 17.4. The second kappa shape index (κ2) is 32.3. The van der Waals surface area contributed by atoms with E-state index in [4.69, 9.17) is 40.3 Å². The number of morpholine rings is 2. The number of amides is 3. The third-order valence-electron chi connectivity index (χ3n) is 11.6. The summed E-state index contributed by atoms with van der Waals surface area (Å²) in [7, 11) is 0. The van der Waals surface area contributed by atoms with Gasteiger partial charge in [0.2, 0.25) is 17.8 Å². The van der Waals surface area contributed by atoms with E-state index in [0.29, 0.717) is 92.5 Å². The Morgan fingerprint density at radius 3 is 1.44 bits per heavy atom. The zero-order chi connectivity index (χ0) is 61.5. The highest BCUT2D eigenvalue weighted by Gasteiger charge is 2.37. The fraction of sp³-hybridized carbons (Fsp3) is 0.439. The molecular formula is C57H78N20O9. The number of aryl methyl sites for hydroxylation is 2. The van der Waals surface area contributed by atoms with Crippen LogP contribution in [0.3, 0.4) is 0 Å². The van der Waals surface area contributed by atoms with Crippen LogP contribution in [0.4, 0.5) is 67.8 Å². The highest BCUT2D eigenvalue weighted by molar-refractivity contribution is 5.86. The maximum Gasteiger partial charge on any atom is 0.411 e. The van der Waals surface area contributed by atoms with Crippen molar-refractivity contribution in [1.82, 2.24) is 55.4 Å². The van der Waals surface area contributed by atoms with Gasteiger partial charge in [-0.05, 0) is 90.8 Å². The minimum absolute atomic E-state index is 0. The maximum absolute atomic E-state index is 12.9. The van der Waals surface area contributed by atoms with E-state index < -0.39 is 41.4 Å². The van der Waals surface area contributed by atoms with E-state index in [1.54, 1.807) is 53.7 Å². The molecule has 0 radical (unpaired) electrons. The van der Waals surface area contributed by atoms with E-state index in [9.17, 15) is 19.2 Å². The highest BCUT2D eigenvalue weighted by Crippen LogP contribution is 2.24. The minimum Gasteiger partial charge on any atom is -0.480 e. The maximum atomic E-state index is 12.9. The molecule has 3 amide bonds. The number of benzene rings is 2. The predicted molar refractivity (Wildman–Crippen MR) is 324 cm³/mol. The smallest absolute Gasteiger partial charge is 0.411 e. The first-order chi connectivity index (χ1) is 40.6. The molecule has 2 aromatic carbocycles. The summed E-state index contributed by atoms with van der Waals surface area (Å²) >= 11 is 0. The molecule has 0 spiro atoms. The molecule has 12 N–H and O–H groups in total. The number of anilines is 10. The molecule has 86 heavy (non-hydrogen) atoms. The number of nitrogens with one attached hydrogen (secondary N) is 9. The Hall–Kier alpha value is -9.84. The Bertz CT molecular complexity index is 3240. The van der Waals surface area contributed by atoms with Crippen LogP contribution in [-0.4, -0.2) is 168 Å². The van der Waals surface area contributed by atoms with E-state index in [0.717, 1.165) is 33.9 Å². The lowest BCUT2D eigenvalue weighted by molar-refractivity contribution is -0.149. The molecule has 2 fully saturated rings. The third kappa shape index (κ3) is 22.4. The van der Waals surface area contributed by atoms with E-state index >= 15 is 0 Å². The lowest BCUT2D eigenvalue weighted by Crippen LogP contribution is -2.57. The van der Waals surface area contributed by atoms with Crippen LogP contribution in [0.5, 0.6) is 0 Å². The van der Waals surface area contributed by atoms with Crippen molar-refractivity contribution < 1.29 is 43.2 Å². The summed E-state index contributed by atoms with van der Waals surface area (Å²) in [6, 6.07) is 24.8.